The number of carbonyl (C=O) groups is 1. The fourth-order valence-corrected chi connectivity index (χ4v) is 2.50. The summed E-state index contributed by atoms with van der Waals surface area (Å²) in [5.74, 6) is 1.31. The fraction of sp³-hybridized carbons (Fsp3) is 0.238. The predicted octanol–water partition coefficient (Wildman–Crippen LogP) is 4.47. The molecule has 0 heterocycles. The van der Waals surface area contributed by atoms with Gasteiger partial charge in [0.15, 0.2) is 11.5 Å². The molecule has 6 nitrogen and oxygen atoms in total. The van der Waals surface area contributed by atoms with Crippen LogP contribution in [0, 0.1) is 0 Å². The standard InChI is InChI=1S/C21H23ClN2O4/c1-4-11-28-18-10-8-17(22)12-16(18)14-23-24-21(25)15-7-9-19(26-5-2)20(13-15)27-6-3/h4,7-10,12-14H,1,5-6,11H2,2-3H3,(H,24,25)/b23-14+. The molecule has 2 aromatic carbocycles. The molecular weight excluding hydrogens is 380 g/mol. The SMILES string of the molecule is C=CCOc1ccc(Cl)cc1/C=N/NC(=O)c1ccc(OCC)c(OCC)c1. The number of nitrogens with one attached hydrogen (secondary N) is 1. The van der Waals surface area contributed by atoms with Crippen molar-refractivity contribution in [3.8, 4) is 17.2 Å². The lowest BCUT2D eigenvalue weighted by molar-refractivity contribution is 0.0954. The largest absolute Gasteiger partial charge is 0.490 e. The van der Waals surface area contributed by atoms with E-state index in [0.717, 1.165) is 0 Å². The van der Waals surface area contributed by atoms with E-state index in [1.165, 1.54) is 6.21 Å². The van der Waals surface area contributed by atoms with Gasteiger partial charge in [0.1, 0.15) is 12.4 Å². The second kappa shape index (κ2) is 11.0. The third-order valence-corrected chi connectivity index (χ3v) is 3.74. The monoisotopic (exact) mass is 402 g/mol. The zero-order chi connectivity index (χ0) is 20.4. The molecule has 0 aliphatic rings. The van der Waals surface area contributed by atoms with E-state index in [4.69, 9.17) is 25.8 Å². The molecule has 0 aliphatic heterocycles. The van der Waals surface area contributed by atoms with Crippen molar-refractivity contribution in [2.24, 2.45) is 5.10 Å². The smallest absolute Gasteiger partial charge is 0.271 e. The first kappa shape index (κ1) is 21.3. The zero-order valence-corrected chi connectivity index (χ0v) is 16.7. The van der Waals surface area contributed by atoms with Crippen molar-refractivity contribution in [1.82, 2.24) is 5.43 Å². The number of nitrogens with zero attached hydrogens (tertiary/aromatic N) is 1. The van der Waals surface area contributed by atoms with Crippen LogP contribution in [0.25, 0.3) is 0 Å². The molecule has 0 aromatic heterocycles. The van der Waals surface area contributed by atoms with Gasteiger partial charge in [0, 0.05) is 16.1 Å². The Hall–Kier alpha value is -2.99. The lowest BCUT2D eigenvalue weighted by atomic mass is 10.2. The summed E-state index contributed by atoms with van der Waals surface area (Å²) in [6, 6.07) is 10.1. The third-order valence-electron chi connectivity index (χ3n) is 3.50. The van der Waals surface area contributed by atoms with E-state index in [1.54, 1.807) is 42.5 Å². The van der Waals surface area contributed by atoms with Crippen molar-refractivity contribution in [1.29, 1.82) is 0 Å². The van der Waals surface area contributed by atoms with Crippen molar-refractivity contribution >= 4 is 23.7 Å². The number of halogens is 1. The van der Waals surface area contributed by atoms with Crippen LogP contribution in [0.15, 0.2) is 54.2 Å². The number of hydrogen-bond donors (Lipinski definition) is 1. The second-order valence-electron chi connectivity index (χ2n) is 5.51. The van der Waals surface area contributed by atoms with Gasteiger partial charge in [-0.1, -0.05) is 24.3 Å². The summed E-state index contributed by atoms with van der Waals surface area (Å²) in [7, 11) is 0. The number of carbonyl (C=O) groups excluding carboxylic acids is 1. The number of hydrogen-bond acceptors (Lipinski definition) is 5. The van der Waals surface area contributed by atoms with Crippen molar-refractivity contribution in [2.45, 2.75) is 13.8 Å². The molecule has 0 unspecified atom stereocenters. The van der Waals surface area contributed by atoms with Crippen molar-refractivity contribution in [2.75, 3.05) is 19.8 Å². The van der Waals surface area contributed by atoms with Crippen LogP contribution in [0.5, 0.6) is 17.2 Å². The summed E-state index contributed by atoms with van der Waals surface area (Å²) in [6.45, 7) is 8.68. The van der Waals surface area contributed by atoms with Gasteiger partial charge in [0.2, 0.25) is 0 Å². The summed E-state index contributed by atoms with van der Waals surface area (Å²) < 4.78 is 16.6. The Balaban J connectivity index is 2.12. The van der Waals surface area contributed by atoms with E-state index in [1.807, 2.05) is 13.8 Å². The highest BCUT2D eigenvalue weighted by molar-refractivity contribution is 6.30. The lowest BCUT2D eigenvalue weighted by Crippen LogP contribution is -2.18. The molecule has 0 saturated heterocycles. The van der Waals surface area contributed by atoms with E-state index >= 15 is 0 Å². The van der Waals surface area contributed by atoms with Gasteiger partial charge in [-0.2, -0.15) is 5.10 Å². The molecule has 148 valence electrons. The van der Waals surface area contributed by atoms with E-state index in [2.05, 4.69) is 17.1 Å². The van der Waals surface area contributed by atoms with Gasteiger partial charge in [0.25, 0.3) is 5.91 Å². The Morgan fingerprint density at radius 2 is 1.79 bits per heavy atom. The summed E-state index contributed by atoms with van der Waals surface area (Å²) in [4.78, 5) is 12.4. The minimum absolute atomic E-state index is 0.348. The minimum Gasteiger partial charge on any atom is -0.490 e. The lowest BCUT2D eigenvalue weighted by Gasteiger charge is -2.11. The Morgan fingerprint density at radius 3 is 2.50 bits per heavy atom. The fourth-order valence-electron chi connectivity index (χ4n) is 2.32. The van der Waals surface area contributed by atoms with Crippen molar-refractivity contribution < 1.29 is 19.0 Å². The summed E-state index contributed by atoms with van der Waals surface area (Å²) in [6.07, 6.45) is 3.11. The van der Waals surface area contributed by atoms with E-state index in [-0.39, 0.29) is 5.91 Å². The normalized spacial score (nSPS) is 10.5. The minimum atomic E-state index is -0.379. The summed E-state index contributed by atoms with van der Waals surface area (Å²) >= 11 is 6.03. The number of ether oxygens (including phenoxy) is 3. The molecule has 1 amide bonds. The Morgan fingerprint density at radius 1 is 1.07 bits per heavy atom. The molecule has 0 spiro atoms. The van der Waals surface area contributed by atoms with Crippen LogP contribution in [0.2, 0.25) is 5.02 Å². The summed E-state index contributed by atoms with van der Waals surface area (Å²) in [5.41, 5.74) is 3.52. The highest BCUT2D eigenvalue weighted by Crippen LogP contribution is 2.28. The molecule has 1 N–H and O–H groups in total. The van der Waals surface area contributed by atoms with Gasteiger partial charge in [0.05, 0.1) is 19.4 Å². The van der Waals surface area contributed by atoms with Crippen LogP contribution in [0.3, 0.4) is 0 Å². The van der Waals surface area contributed by atoms with Crippen molar-refractivity contribution in [3.05, 3.63) is 65.2 Å². The molecule has 28 heavy (non-hydrogen) atoms. The first-order valence-corrected chi connectivity index (χ1v) is 9.23. The molecule has 0 aliphatic carbocycles. The molecule has 0 saturated carbocycles. The molecule has 2 rings (SSSR count). The van der Waals surface area contributed by atoms with Crippen LogP contribution in [0.4, 0.5) is 0 Å². The molecule has 2 aromatic rings. The number of amides is 1. The quantitative estimate of drug-likeness (QED) is 0.361. The third kappa shape index (κ3) is 6.03. The van der Waals surface area contributed by atoms with Gasteiger partial charge in [-0.05, 0) is 50.2 Å². The topological polar surface area (TPSA) is 69.2 Å². The maximum Gasteiger partial charge on any atom is 0.271 e. The van der Waals surface area contributed by atoms with Gasteiger partial charge in [-0.15, -0.1) is 0 Å². The number of hydrazone groups is 1. The molecule has 0 atom stereocenters. The molecule has 0 fully saturated rings. The first-order valence-electron chi connectivity index (χ1n) is 8.85. The van der Waals surface area contributed by atoms with Gasteiger partial charge < -0.3 is 14.2 Å². The maximum atomic E-state index is 12.4. The molecule has 7 heteroatoms. The van der Waals surface area contributed by atoms with E-state index in [0.29, 0.717) is 53.2 Å². The summed E-state index contributed by atoms with van der Waals surface area (Å²) in [5, 5.41) is 4.53. The molecule has 0 bridgehead atoms. The van der Waals surface area contributed by atoms with Crippen LogP contribution >= 0.6 is 11.6 Å². The first-order chi connectivity index (χ1) is 13.6. The maximum absolute atomic E-state index is 12.4. The molecule has 0 radical (unpaired) electrons. The average molecular weight is 403 g/mol. The predicted molar refractivity (Wildman–Crippen MR) is 111 cm³/mol. The van der Waals surface area contributed by atoms with Crippen LogP contribution in [-0.2, 0) is 0 Å². The van der Waals surface area contributed by atoms with Gasteiger partial charge >= 0.3 is 0 Å². The molecular formula is C21H23ClN2O4. The zero-order valence-electron chi connectivity index (χ0n) is 15.9. The van der Waals surface area contributed by atoms with Crippen molar-refractivity contribution in [3.63, 3.8) is 0 Å². The average Bonchev–Trinajstić information content (AvgIpc) is 2.69. The highest BCUT2D eigenvalue weighted by atomic mass is 35.5. The van der Waals surface area contributed by atoms with Crippen LogP contribution in [0.1, 0.15) is 29.8 Å². The van der Waals surface area contributed by atoms with Gasteiger partial charge in [-0.25, -0.2) is 5.43 Å². The van der Waals surface area contributed by atoms with Crippen LogP contribution < -0.4 is 19.6 Å². The number of benzene rings is 2. The highest BCUT2D eigenvalue weighted by Gasteiger charge is 2.11. The van der Waals surface area contributed by atoms with E-state index < -0.39 is 0 Å². The Bertz CT molecular complexity index is 852. The van der Waals surface area contributed by atoms with E-state index in [9.17, 15) is 4.79 Å². The van der Waals surface area contributed by atoms with Gasteiger partial charge in [-0.3, -0.25) is 4.79 Å². The number of rotatable bonds is 10. The van der Waals surface area contributed by atoms with Crippen LogP contribution in [-0.4, -0.2) is 31.9 Å². The Labute approximate surface area is 169 Å². The Kier molecular flexibility index (Phi) is 8.37. The second-order valence-corrected chi connectivity index (χ2v) is 5.94.